The van der Waals surface area contributed by atoms with Gasteiger partial charge in [0.15, 0.2) is 11.6 Å². The Labute approximate surface area is 238 Å². The highest BCUT2D eigenvalue weighted by Gasteiger charge is 2.47. The number of nitrogens with one attached hydrogen (secondary N) is 2. The van der Waals surface area contributed by atoms with Crippen molar-refractivity contribution in [3.63, 3.8) is 0 Å². The van der Waals surface area contributed by atoms with Crippen molar-refractivity contribution in [2.75, 3.05) is 5.32 Å². The van der Waals surface area contributed by atoms with E-state index >= 15 is 4.39 Å². The summed E-state index contributed by atoms with van der Waals surface area (Å²) < 4.78 is 45.6. The number of aliphatic carboxylic acids is 1. The molecule has 3 saturated carbocycles. The van der Waals surface area contributed by atoms with Gasteiger partial charge in [-0.15, -0.1) is 0 Å². The summed E-state index contributed by atoms with van der Waals surface area (Å²) in [5.74, 6) is -4.24. The highest BCUT2D eigenvalue weighted by atomic mass is 19.1. The summed E-state index contributed by atoms with van der Waals surface area (Å²) in [6.07, 6.45) is 4.70. The molecule has 1 unspecified atom stereocenters. The lowest BCUT2D eigenvalue weighted by molar-refractivity contribution is -0.148. The fraction of sp³-hybridized carbons (Fsp3) is 0.242. The number of nitriles is 1. The lowest BCUT2D eigenvalue weighted by Crippen LogP contribution is -2.51. The minimum Gasteiger partial charge on any atom is -0.481 e. The molecule has 0 saturated heterocycles. The van der Waals surface area contributed by atoms with Crippen LogP contribution in [0.5, 0.6) is 0 Å². The van der Waals surface area contributed by atoms with Crippen LogP contribution < -0.4 is 5.32 Å². The number of nitrogens with zero attached hydrogens (tertiary/aromatic N) is 2. The smallest absolute Gasteiger partial charge is 0.308 e. The van der Waals surface area contributed by atoms with Crippen LogP contribution in [0.1, 0.15) is 31.2 Å². The number of aromatic nitrogens is 2. The number of hydrogen-bond acceptors (Lipinski definition) is 4. The van der Waals surface area contributed by atoms with Crippen molar-refractivity contribution in [2.24, 2.45) is 17.8 Å². The summed E-state index contributed by atoms with van der Waals surface area (Å²) in [7, 11) is 0. The van der Waals surface area contributed by atoms with Crippen LogP contribution in [0, 0.1) is 46.5 Å². The van der Waals surface area contributed by atoms with Gasteiger partial charge in [-0.1, -0.05) is 36.4 Å². The highest BCUT2D eigenvalue weighted by Crippen LogP contribution is 2.47. The van der Waals surface area contributed by atoms with Crippen LogP contribution in [-0.4, -0.2) is 27.1 Å². The van der Waals surface area contributed by atoms with Crippen LogP contribution in [-0.2, 0) is 4.79 Å². The molecule has 3 aliphatic rings. The Morgan fingerprint density at radius 1 is 1.00 bits per heavy atom. The van der Waals surface area contributed by atoms with Crippen molar-refractivity contribution in [1.29, 1.82) is 5.26 Å². The summed E-state index contributed by atoms with van der Waals surface area (Å²) in [6, 6.07) is 16.3. The Morgan fingerprint density at radius 2 is 1.74 bits per heavy atom. The number of aromatic amines is 1. The Bertz CT molecular complexity index is 1940. The zero-order valence-electron chi connectivity index (χ0n) is 22.3. The van der Waals surface area contributed by atoms with E-state index in [0.29, 0.717) is 5.56 Å². The third-order valence-electron chi connectivity index (χ3n) is 9.06. The Balaban J connectivity index is 1.48. The average molecular weight is 567 g/mol. The molecule has 2 atom stereocenters. The van der Waals surface area contributed by atoms with E-state index in [1.165, 1.54) is 6.20 Å². The van der Waals surface area contributed by atoms with Gasteiger partial charge >= 0.3 is 5.97 Å². The zero-order chi connectivity index (χ0) is 29.1. The van der Waals surface area contributed by atoms with Crippen molar-refractivity contribution in [2.45, 2.75) is 31.7 Å². The first-order chi connectivity index (χ1) is 20.3. The number of halogens is 3. The van der Waals surface area contributed by atoms with Gasteiger partial charge in [0.2, 0.25) is 0 Å². The second kappa shape index (κ2) is 9.91. The molecule has 3 N–H and O–H groups in total. The fourth-order valence-electron chi connectivity index (χ4n) is 7.10. The molecule has 0 amide bonds. The number of H-pyrrole nitrogens is 1. The van der Waals surface area contributed by atoms with Crippen molar-refractivity contribution >= 4 is 33.5 Å². The maximum absolute atomic E-state index is 16.6. The number of rotatable bonds is 5. The monoisotopic (exact) mass is 566 g/mol. The van der Waals surface area contributed by atoms with Crippen molar-refractivity contribution in [3.8, 4) is 28.5 Å². The van der Waals surface area contributed by atoms with Gasteiger partial charge in [-0.3, -0.25) is 4.79 Å². The number of anilines is 1. The van der Waals surface area contributed by atoms with Crippen LogP contribution in [0.15, 0.2) is 60.8 Å². The van der Waals surface area contributed by atoms with E-state index in [-0.39, 0.29) is 50.9 Å². The lowest BCUT2D eigenvalue weighted by atomic mass is 9.61. The van der Waals surface area contributed by atoms with Crippen LogP contribution >= 0.6 is 0 Å². The molecule has 5 aromatic rings. The number of carboxylic acid groups (broad SMARTS) is 1. The molecule has 6 nitrogen and oxygen atoms in total. The Morgan fingerprint density at radius 3 is 2.48 bits per heavy atom. The SMILES string of the molecule is N#Cc1c(-c2c[nH]c3c(F)cc(F)cc23)nc(NC2C3CCC(CC3)[C@H]2C(=O)O)c(F)c1-c1ccc2ccccc2c1. The number of hydrogen-bond donors (Lipinski definition) is 3. The summed E-state index contributed by atoms with van der Waals surface area (Å²) in [4.78, 5) is 19.7. The Kier molecular flexibility index (Phi) is 6.15. The van der Waals surface area contributed by atoms with E-state index < -0.39 is 35.4 Å². The third-order valence-corrected chi connectivity index (χ3v) is 9.06. The molecule has 8 rings (SSSR count). The molecule has 2 heterocycles. The second-order valence-corrected chi connectivity index (χ2v) is 11.3. The number of pyridine rings is 1. The quantitative estimate of drug-likeness (QED) is 0.203. The summed E-state index contributed by atoms with van der Waals surface area (Å²) in [6.45, 7) is 0. The van der Waals surface area contributed by atoms with E-state index in [4.69, 9.17) is 0 Å². The maximum Gasteiger partial charge on any atom is 0.308 e. The first-order valence-corrected chi connectivity index (χ1v) is 13.9. The van der Waals surface area contributed by atoms with Gasteiger partial charge in [0.1, 0.15) is 17.7 Å². The lowest BCUT2D eigenvalue weighted by Gasteiger charge is -2.47. The highest BCUT2D eigenvalue weighted by molar-refractivity contribution is 5.99. The molecule has 3 aromatic carbocycles. The summed E-state index contributed by atoms with van der Waals surface area (Å²) >= 11 is 0. The summed E-state index contributed by atoms with van der Waals surface area (Å²) in [5.41, 5.74) is 0.595. The molecule has 42 heavy (non-hydrogen) atoms. The van der Waals surface area contributed by atoms with Crippen LogP contribution in [0.2, 0.25) is 0 Å². The molecule has 0 radical (unpaired) electrons. The number of carbonyl (C=O) groups is 1. The molecule has 0 spiro atoms. The van der Waals surface area contributed by atoms with Gasteiger partial charge in [0, 0.05) is 34.8 Å². The predicted octanol–water partition coefficient (Wildman–Crippen LogP) is 7.64. The third kappa shape index (κ3) is 4.09. The summed E-state index contributed by atoms with van der Waals surface area (Å²) in [5, 5.41) is 25.5. The molecular weight excluding hydrogens is 541 g/mol. The van der Waals surface area contributed by atoms with Crippen LogP contribution in [0.25, 0.3) is 44.1 Å². The number of carboxylic acids is 1. The normalized spacial score (nSPS) is 21.5. The van der Waals surface area contributed by atoms with Crippen molar-refractivity contribution in [1.82, 2.24) is 9.97 Å². The standard InChI is InChI=1S/C33H25F3N4O2/c34-21-12-22-24(15-38-31(22)25(35)13-21)30-23(14-37)26(20-10-5-16-3-1-2-4-19(16)11-20)28(36)32(40-30)39-29-18-8-6-17(7-9-18)27(29)33(41)42/h1-5,10-13,15,17-18,27,29,38H,6-9H2,(H,39,40)(H,41,42)/t17?,18?,27-,29?/m1/s1. The molecule has 3 fully saturated rings. The average Bonchev–Trinajstić information content (AvgIpc) is 3.42. The van der Waals surface area contributed by atoms with E-state index in [9.17, 15) is 23.9 Å². The molecular formula is C33H25F3N4O2. The Hall–Kier alpha value is -4.84. The van der Waals surface area contributed by atoms with Gasteiger partial charge in [-0.2, -0.15) is 5.26 Å². The topological polar surface area (TPSA) is 102 Å². The van der Waals surface area contributed by atoms with E-state index in [2.05, 4.69) is 21.4 Å². The van der Waals surface area contributed by atoms with Crippen molar-refractivity contribution in [3.05, 3.63) is 83.8 Å². The molecule has 9 heteroatoms. The largest absolute Gasteiger partial charge is 0.481 e. The second-order valence-electron chi connectivity index (χ2n) is 11.3. The van der Waals surface area contributed by atoms with Gasteiger partial charge < -0.3 is 15.4 Å². The van der Waals surface area contributed by atoms with E-state index in [0.717, 1.165) is 48.6 Å². The van der Waals surface area contributed by atoms with Crippen LogP contribution in [0.4, 0.5) is 19.0 Å². The first-order valence-electron chi connectivity index (χ1n) is 13.9. The molecule has 2 aromatic heterocycles. The predicted molar refractivity (Wildman–Crippen MR) is 153 cm³/mol. The van der Waals surface area contributed by atoms with Crippen LogP contribution in [0.3, 0.4) is 0 Å². The van der Waals surface area contributed by atoms with Crippen molar-refractivity contribution < 1.29 is 23.1 Å². The maximum atomic E-state index is 16.6. The first kappa shape index (κ1) is 26.1. The number of fused-ring (bicyclic) bond motifs is 5. The van der Waals surface area contributed by atoms with Gasteiger partial charge in [0.25, 0.3) is 0 Å². The van der Waals surface area contributed by atoms with E-state index in [1.807, 2.05) is 30.3 Å². The zero-order valence-corrected chi connectivity index (χ0v) is 22.3. The number of benzene rings is 3. The van der Waals surface area contributed by atoms with Gasteiger partial charge in [-0.05, 0) is 66.0 Å². The van der Waals surface area contributed by atoms with E-state index in [1.54, 1.807) is 12.1 Å². The minimum atomic E-state index is -0.937. The molecule has 2 bridgehead atoms. The molecule has 3 aliphatic carbocycles. The molecule has 0 aliphatic heterocycles. The minimum absolute atomic E-state index is 0.0187. The van der Waals surface area contributed by atoms with Gasteiger partial charge in [0.05, 0.1) is 22.7 Å². The fourth-order valence-corrected chi connectivity index (χ4v) is 7.10. The van der Waals surface area contributed by atoms with Gasteiger partial charge in [-0.25, -0.2) is 18.2 Å². The molecule has 210 valence electrons.